The number of benzene rings is 2. The lowest BCUT2D eigenvalue weighted by Gasteiger charge is -2.43. The van der Waals surface area contributed by atoms with Gasteiger partial charge in [-0.05, 0) is 36.6 Å². The van der Waals surface area contributed by atoms with Crippen LogP contribution in [0.4, 0.5) is 0 Å². The summed E-state index contributed by atoms with van der Waals surface area (Å²) >= 11 is 0. The molecule has 2 rings (SSSR count). The SMILES string of the molecule is C=C[Si](C)(OC)O[Si](C)(C)O[Si](O[Si](C)(C=C)OC)(c1ccccc1)c1ccccc1. The summed E-state index contributed by atoms with van der Waals surface area (Å²) in [6, 6.07) is 20.2. The Labute approximate surface area is 191 Å². The van der Waals surface area contributed by atoms with E-state index in [2.05, 4.69) is 37.4 Å². The molecular formula is C22H34O5Si4. The van der Waals surface area contributed by atoms with Crippen LogP contribution in [-0.2, 0) is 21.2 Å². The molecular weight excluding hydrogens is 457 g/mol. The Bertz CT molecular complexity index is 825. The third kappa shape index (κ3) is 6.31. The Morgan fingerprint density at radius 1 is 0.613 bits per heavy atom. The van der Waals surface area contributed by atoms with Gasteiger partial charge in [0.15, 0.2) is 0 Å². The predicted molar refractivity (Wildman–Crippen MR) is 136 cm³/mol. The van der Waals surface area contributed by atoms with Crippen molar-refractivity contribution in [3.8, 4) is 0 Å². The largest absolute Gasteiger partial charge is 0.412 e. The molecule has 31 heavy (non-hydrogen) atoms. The second-order valence-corrected chi connectivity index (χ2v) is 21.2. The smallest absolute Gasteiger partial charge is 0.389 e. The molecule has 0 spiro atoms. The zero-order valence-corrected chi connectivity index (χ0v) is 23.4. The molecule has 2 aromatic carbocycles. The Morgan fingerprint density at radius 2 is 1.00 bits per heavy atom. The van der Waals surface area contributed by atoms with Gasteiger partial charge in [-0.15, -0.1) is 13.2 Å². The van der Waals surface area contributed by atoms with Crippen molar-refractivity contribution in [2.24, 2.45) is 0 Å². The maximum atomic E-state index is 7.04. The summed E-state index contributed by atoms with van der Waals surface area (Å²) in [6.07, 6.45) is 0. The van der Waals surface area contributed by atoms with Crippen LogP contribution in [0.5, 0.6) is 0 Å². The summed E-state index contributed by atoms with van der Waals surface area (Å²) in [5.41, 5.74) is 3.56. The molecule has 2 unspecified atom stereocenters. The average Bonchev–Trinajstić information content (AvgIpc) is 2.79. The molecule has 0 aliphatic carbocycles. The van der Waals surface area contributed by atoms with Crippen molar-refractivity contribution < 1.29 is 21.2 Å². The quantitative estimate of drug-likeness (QED) is 0.423. The summed E-state index contributed by atoms with van der Waals surface area (Å²) in [4.78, 5) is 0. The molecule has 0 amide bonds. The molecule has 9 heteroatoms. The molecule has 0 aliphatic rings. The van der Waals surface area contributed by atoms with E-state index in [0.717, 1.165) is 10.4 Å². The Balaban J connectivity index is 2.70. The summed E-state index contributed by atoms with van der Waals surface area (Å²) in [6.45, 7) is 15.9. The minimum atomic E-state index is -3.25. The van der Waals surface area contributed by atoms with E-state index >= 15 is 0 Å². The molecule has 0 saturated carbocycles. The van der Waals surface area contributed by atoms with Gasteiger partial charge < -0.3 is 21.2 Å². The summed E-state index contributed by atoms with van der Waals surface area (Å²) in [5.74, 6) is 0. The van der Waals surface area contributed by atoms with Gasteiger partial charge in [0.05, 0.1) is 0 Å². The molecule has 168 valence electrons. The van der Waals surface area contributed by atoms with E-state index in [-0.39, 0.29) is 0 Å². The van der Waals surface area contributed by atoms with Crippen molar-refractivity contribution in [3.63, 3.8) is 0 Å². The molecule has 0 aliphatic heterocycles. The first-order chi connectivity index (χ1) is 14.6. The van der Waals surface area contributed by atoms with Crippen LogP contribution in [0.1, 0.15) is 0 Å². The van der Waals surface area contributed by atoms with Gasteiger partial charge in [0, 0.05) is 14.2 Å². The number of rotatable bonds is 12. The minimum absolute atomic E-state index is 0.988. The summed E-state index contributed by atoms with van der Waals surface area (Å²) in [5, 5.41) is 1.98. The van der Waals surface area contributed by atoms with Crippen molar-refractivity contribution >= 4 is 44.6 Å². The second-order valence-electron chi connectivity index (χ2n) is 7.90. The van der Waals surface area contributed by atoms with Crippen LogP contribution in [0.15, 0.2) is 85.2 Å². The van der Waals surface area contributed by atoms with Crippen LogP contribution in [-0.4, -0.2) is 48.5 Å². The molecule has 2 aromatic rings. The lowest BCUT2D eigenvalue weighted by Crippen LogP contribution is -2.72. The van der Waals surface area contributed by atoms with Crippen LogP contribution in [0.3, 0.4) is 0 Å². The van der Waals surface area contributed by atoms with Gasteiger partial charge in [-0.3, -0.25) is 0 Å². The maximum Gasteiger partial charge on any atom is 0.389 e. The van der Waals surface area contributed by atoms with Crippen molar-refractivity contribution in [3.05, 3.63) is 85.2 Å². The fraction of sp³-hybridized carbons (Fsp3) is 0.273. The summed E-state index contributed by atoms with van der Waals surface area (Å²) in [7, 11) is -8.04. The Hall–Kier alpha value is -1.41. The molecule has 0 fully saturated rings. The molecule has 0 N–H and O–H groups in total. The van der Waals surface area contributed by atoms with E-state index in [0.29, 0.717) is 0 Å². The molecule has 0 saturated heterocycles. The highest BCUT2D eigenvalue weighted by molar-refractivity contribution is 7.02. The second kappa shape index (κ2) is 10.5. The molecule has 0 bridgehead atoms. The highest BCUT2D eigenvalue weighted by atomic mass is 28.5. The minimum Gasteiger partial charge on any atom is -0.412 e. The van der Waals surface area contributed by atoms with E-state index in [1.165, 1.54) is 0 Å². The van der Waals surface area contributed by atoms with Gasteiger partial charge in [-0.2, -0.15) is 0 Å². The van der Waals surface area contributed by atoms with Crippen LogP contribution < -0.4 is 10.4 Å². The average molecular weight is 491 g/mol. The predicted octanol–water partition coefficient (Wildman–Crippen LogP) is 3.88. The van der Waals surface area contributed by atoms with E-state index < -0.39 is 34.2 Å². The maximum absolute atomic E-state index is 7.04. The first-order valence-corrected chi connectivity index (χ1v) is 19.6. The lowest BCUT2D eigenvalue weighted by molar-refractivity contribution is 0.257. The molecule has 0 aromatic heterocycles. The van der Waals surface area contributed by atoms with Gasteiger partial charge in [0.1, 0.15) is 0 Å². The Kier molecular flexibility index (Phi) is 8.73. The summed E-state index contributed by atoms with van der Waals surface area (Å²) < 4.78 is 32.0. The normalized spacial score (nSPS) is 16.2. The van der Waals surface area contributed by atoms with Crippen LogP contribution in [0.25, 0.3) is 0 Å². The number of hydrogen-bond acceptors (Lipinski definition) is 5. The van der Waals surface area contributed by atoms with Gasteiger partial charge in [0.2, 0.25) is 0 Å². The van der Waals surface area contributed by atoms with E-state index in [1.54, 1.807) is 25.6 Å². The van der Waals surface area contributed by atoms with Crippen LogP contribution in [0.2, 0.25) is 26.2 Å². The first kappa shape index (κ1) is 25.8. The van der Waals surface area contributed by atoms with Crippen LogP contribution in [0, 0.1) is 0 Å². The fourth-order valence-corrected chi connectivity index (χ4v) is 18.4. The van der Waals surface area contributed by atoms with E-state index in [4.69, 9.17) is 21.2 Å². The third-order valence-electron chi connectivity index (χ3n) is 5.04. The van der Waals surface area contributed by atoms with E-state index in [1.807, 2.05) is 62.6 Å². The highest BCUT2D eigenvalue weighted by Crippen LogP contribution is 2.25. The monoisotopic (exact) mass is 490 g/mol. The highest BCUT2D eigenvalue weighted by Gasteiger charge is 2.53. The lowest BCUT2D eigenvalue weighted by atomic mass is 10.4. The molecule has 0 radical (unpaired) electrons. The topological polar surface area (TPSA) is 46.2 Å². The third-order valence-corrected chi connectivity index (χ3v) is 19.8. The zero-order valence-electron chi connectivity index (χ0n) is 19.4. The van der Waals surface area contributed by atoms with E-state index in [9.17, 15) is 0 Å². The zero-order chi connectivity index (χ0) is 23.2. The van der Waals surface area contributed by atoms with Gasteiger partial charge in [-0.25, -0.2) is 0 Å². The van der Waals surface area contributed by atoms with Crippen molar-refractivity contribution in [2.45, 2.75) is 26.2 Å². The van der Waals surface area contributed by atoms with Gasteiger partial charge >= 0.3 is 34.2 Å². The molecule has 0 heterocycles. The number of hydrogen-bond donors (Lipinski definition) is 0. The fourth-order valence-electron chi connectivity index (χ4n) is 3.21. The van der Waals surface area contributed by atoms with Crippen molar-refractivity contribution in [1.29, 1.82) is 0 Å². The molecule has 2 atom stereocenters. The van der Waals surface area contributed by atoms with Gasteiger partial charge in [0.25, 0.3) is 0 Å². The molecule has 5 nitrogen and oxygen atoms in total. The van der Waals surface area contributed by atoms with Crippen molar-refractivity contribution in [2.75, 3.05) is 14.2 Å². The Morgan fingerprint density at radius 3 is 1.35 bits per heavy atom. The van der Waals surface area contributed by atoms with Crippen molar-refractivity contribution in [1.82, 2.24) is 0 Å². The van der Waals surface area contributed by atoms with Crippen LogP contribution >= 0.6 is 0 Å². The first-order valence-electron chi connectivity index (χ1n) is 10.2. The van der Waals surface area contributed by atoms with Gasteiger partial charge in [-0.1, -0.05) is 72.1 Å². The standard InChI is InChI=1S/C22H34O5Si4/c1-9-29(7,23-3)25-28(5,6)26-31(21-17-13-11-14-18-21,22-19-15-12-16-20-22)27-30(8,10-2)24-4/h9-20H,1-2H2,3-8H3.